The summed E-state index contributed by atoms with van der Waals surface area (Å²) in [4.78, 5) is 0. The fourth-order valence-corrected chi connectivity index (χ4v) is 1.70. The van der Waals surface area contributed by atoms with E-state index in [1.54, 1.807) is 0 Å². The SMILES string of the molecule is C#Cc1cccc(CCCCC(C)(C)O)c1. The van der Waals surface area contributed by atoms with Gasteiger partial charge in [0.2, 0.25) is 0 Å². The van der Waals surface area contributed by atoms with Gasteiger partial charge in [0.1, 0.15) is 0 Å². The second kappa shape index (κ2) is 5.72. The summed E-state index contributed by atoms with van der Waals surface area (Å²) in [5.74, 6) is 2.64. The van der Waals surface area contributed by atoms with Gasteiger partial charge in [0.05, 0.1) is 5.60 Å². The zero-order valence-electron chi connectivity index (χ0n) is 10.2. The van der Waals surface area contributed by atoms with Gasteiger partial charge >= 0.3 is 0 Å². The maximum atomic E-state index is 9.57. The van der Waals surface area contributed by atoms with Gasteiger partial charge in [-0.2, -0.15) is 0 Å². The van der Waals surface area contributed by atoms with Gasteiger partial charge in [-0.1, -0.05) is 24.5 Å². The molecule has 0 aliphatic carbocycles. The summed E-state index contributed by atoms with van der Waals surface area (Å²) >= 11 is 0. The molecule has 0 bridgehead atoms. The first-order valence-electron chi connectivity index (χ1n) is 5.79. The van der Waals surface area contributed by atoms with Crippen LogP contribution in [0, 0.1) is 12.3 Å². The number of rotatable bonds is 5. The molecule has 1 nitrogen and oxygen atoms in total. The van der Waals surface area contributed by atoms with E-state index in [9.17, 15) is 5.11 Å². The van der Waals surface area contributed by atoms with Crippen molar-refractivity contribution in [3.05, 3.63) is 35.4 Å². The third-order valence-corrected chi connectivity index (χ3v) is 2.60. The molecular weight excluding hydrogens is 196 g/mol. The Morgan fingerprint density at radius 3 is 2.69 bits per heavy atom. The highest BCUT2D eigenvalue weighted by molar-refractivity contribution is 5.35. The highest BCUT2D eigenvalue weighted by Gasteiger charge is 2.10. The molecule has 1 aromatic carbocycles. The topological polar surface area (TPSA) is 20.2 Å². The van der Waals surface area contributed by atoms with E-state index in [0.717, 1.165) is 31.2 Å². The van der Waals surface area contributed by atoms with E-state index in [1.165, 1.54) is 5.56 Å². The Bertz CT molecular complexity index is 366. The molecule has 0 atom stereocenters. The lowest BCUT2D eigenvalue weighted by Gasteiger charge is -2.16. The molecule has 0 radical (unpaired) electrons. The first-order valence-corrected chi connectivity index (χ1v) is 5.79. The molecule has 0 unspecified atom stereocenters. The van der Waals surface area contributed by atoms with Crippen molar-refractivity contribution in [3.8, 4) is 12.3 Å². The summed E-state index contributed by atoms with van der Waals surface area (Å²) in [5, 5.41) is 9.57. The summed E-state index contributed by atoms with van der Waals surface area (Å²) in [6.45, 7) is 3.71. The summed E-state index contributed by atoms with van der Waals surface area (Å²) in [5.41, 5.74) is 1.69. The summed E-state index contributed by atoms with van der Waals surface area (Å²) in [6, 6.07) is 8.11. The van der Waals surface area contributed by atoms with Crippen molar-refractivity contribution in [1.82, 2.24) is 0 Å². The van der Waals surface area contributed by atoms with Gasteiger partial charge < -0.3 is 5.11 Å². The molecule has 0 spiro atoms. The minimum absolute atomic E-state index is 0.541. The molecule has 1 N–H and O–H groups in total. The average molecular weight is 216 g/mol. The predicted molar refractivity (Wildman–Crippen MR) is 68.2 cm³/mol. The average Bonchev–Trinajstić information content (AvgIpc) is 2.23. The second-order valence-electron chi connectivity index (χ2n) is 4.86. The third kappa shape index (κ3) is 5.00. The molecule has 0 saturated heterocycles. The molecule has 0 aromatic heterocycles. The minimum atomic E-state index is -0.541. The first kappa shape index (κ1) is 12.8. The molecule has 1 aromatic rings. The van der Waals surface area contributed by atoms with E-state index >= 15 is 0 Å². The Balaban J connectivity index is 2.35. The van der Waals surface area contributed by atoms with Crippen LogP contribution in [-0.2, 0) is 6.42 Å². The molecule has 0 aliphatic heterocycles. The molecule has 0 amide bonds. The van der Waals surface area contributed by atoms with Crippen LogP contribution in [0.1, 0.15) is 44.2 Å². The Hall–Kier alpha value is -1.26. The summed E-state index contributed by atoms with van der Waals surface area (Å²) in [7, 11) is 0. The van der Waals surface area contributed by atoms with E-state index in [1.807, 2.05) is 26.0 Å². The lowest BCUT2D eigenvalue weighted by molar-refractivity contribution is 0.0682. The number of hydrogen-bond acceptors (Lipinski definition) is 1. The van der Waals surface area contributed by atoms with Crippen LogP contribution < -0.4 is 0 Å². The van der Waals surface area contributed by atoms with E-state index < -0.39 is 5.60 Å². The molecule has 1 heteroatoms. The third-order valence-electron chi connectivity index (χ3n) is 2.60. The Morgan fingerprint density at radius 2 is 2.06 bits per heavy atom. The number of hydrogen-bond donors (Lipinski definition) is 1. The number of aryl methyl sites for hydroxylation is 1. The van der Waals surface area contributed by atoms with Gasteiger partial charge in [0.25, 0.3) is 0 Å². The highest BCUT2D eigenvalue weighted by Crippen LogP contribution is 2.14. The zero-order valence-corrected chi connectivity index (χ0v) is 10.2. The predicted octanol–water partition coefficient (Wildman–Crippen LogP) is 3.15. The van der Waals surface area contributed by atoms with Crippen molar-refractivity contribution in [2.24, 2.45) is 0 Å². The molecule has 16 heavy (non-hydrogen) atoms. The van der Waals surface area contributed by atoms with Gasteiger partial charge in [0.15, 0.2) is 0 Å². The standard InChI is InChI=1S/C15H20O/c1-4-13-9-7-10-14(12-13)8-5-6-11-15(2,3)16/h1,7,9-10,12,16H,5-6,8,11H2,2-3H3. The lowest BCUT2D eigenvalue weighted by atomic mass is 9.98. The van der Waals surface area contributed by atoms with Gasteiger partial charge in [-0.15, -0.1) is 6.42 Å². The maximum absolute atomic E-state index is 9.57. The van der Waals surface area contributed by atoms with Crippen molar-refractivity contribution < 1.29 is 5.11 Å². The highest BCUT2D eigenvalue weighted by atomic mass is 16.3. The fourth-order valence-electron chi connectivity index (χ4n) is 1.70. The summed E-state index contributed by atoms with van der Waals surface area (Å²) < 4.78 is 0. The Morgan fingerprint density at radius 1 is 1.31 bits per heavy atom. The zero-order chi connectivity index (χ0) is 12.0. The van der Waals surface area contributed by atoms with Gasteiger partial charge in [-0.3, -0.25) is 0 Å². The van der Waals surface area contributed by atoms with E-state index in [-0.39, 0.29) is 0 Å². The first-order chi connectivity index (χ1) is 7.51. The van der Waals surface area contributed by atoms with Crippen molar-refractivity contribution in [1.29, 1.82) is 0 Å². The molecule has 0 heterocycles. The van der Waals surface area contributed by atoms with Crippen LogP contribution in [0.4, 0.5) is 0 Å². The molecule has 0 fully saturated rings. The number of benzene rings is 1. The van der Waals surface area contributed by atoms with Crippen molar-refractivity contribution in [2.45, 2.75) is 45.1 Å². The smallest absolute Gasteiger partial charge is 0.0591 e. The van der Waals surface area contributed by atoms with Crippen LogP contribution in [0.15, 0.2) is 24.3 Å². The van der Waals surface area contributed by atoms with E-state index in [2.05, 4.69) is 18.1 Å². The molecule has 86 valence electrons. The van der Waals surface area contributed by atoms with Crippen LogP contribution in [0.25, 0.3) is 0 Å². The van der Waals surface area contributed by atoms with Gasteiger partial charge in [-0.25, -0.2) is 0 Å². The Kier molecular flexibility index (Phi) is 4.58. The van der Waals surface area contributed by atoms with Crippen molar-refractivity contribution in [3.63, 3.8) is 0 Å². The van der Waals surface area contributed by atoms with Gasteiger partial charge in [-0.05, 0) is 50.8 Å². The fraction of sp³-hybridized carbons (Fsp3) is 0.467. The van der Waals surface area contributed by atoms with Gasteiger partial charge in [0, 0.05) is 5.56 Å². The van der Waals surface area contributed by atoms with E-state index in [4.69, 9.17) is 6.42 Å². The van der Waals surface area contributed by atoms with Crippen LogP contribution >= 0.6 is 0 Å². The molecule has 1 rings (SSSR count). The molecule has 0 saturated carbocycles. The molecular formula is C15H20O. The Labute approximate surface area is 98.5 Å². The molecule has 0 aliphatic rings. The largest absolute Gasteiger partial charge is 0.390 e. The van der Waals surface area contributed by atoms with Crippen molar-refractivity contribution >= 4 is 0 Å². The van der Waals surface area contributed by atoms with Crippen LogP contribution in [0.2, 0.25) is 0 Å². The lowest BCUT2D eigenvalue weighted by Crippen LogP contribution is -2.17. The minimum Gasteiger partial charge on any atom is -0.390 e. The number of unbranched alkanes of at least 4 members (excludes halogenated alkanes) is 1. The van der Waals surface area contributed by atoms with E-state index in [0.29, 0.717) is 0 Å². The number of aliphatic hydroxyl groups is 1. The monoisotopic (exact) mass is 216 g/mol. The normalized spacial score (nSPS) is 11.1. The quantitative estimate of drug-likeness (QED) is 0.592. The van der Waals surface area contributed by atoms with Crippen LogP contribution in [0.3, 0.4) is 0 Å². The van der Waals surface area contributed by atoms with Crippen molar-refractivity contribution in [2.75, 3.05) is 0 Å². The van der Waals surface area contributed by atoms with Crippen LogP contribution in [0.5, 0.6) is 0 Å². The number of terminal acetylenes is 1. The second-order valence-corrected chi connectivity index (χ2v) is 4.86. The van der Waals surface area contributed by atoms with Crippen LogP contribution in [-0.4, -0.2) is 10.7 Å². The maximum Gasteiger partial charge on any atom is 0.0591 e. The summed E-state index contributed by atoms with van der Waals surface area (Å²) in [6.07, 6.45) is 9.37.